The molecule has 0 saturated carbocycles. The maximum absolute atomic E-state index is 5.27. The lowest BCUT2D eigenvalue weighted by atomic mass is 10.2. The molecule has 0 radical (unpaired) electrons. The Morgan fingerprint density at radius 3 is 2.56 bits per heavy atom. The Morgan fingerprint density at radius 2 is 1.94 bits per heavy atom. The maximum atomic E-state index is 5.27. The highest BCUT2D eigenvalue weighted by Gasteiger charge is 2.05. The molecule has 1 heterocycles. The molecule has 0 spiro atoms. The standard InChI is InChI=1S/C13H17N3O2/c1-16-13(6-7-15-16)14-9-10-4-5-11(17-2)12(8-10)18-3/h4-8,14H,9H2,1-3H3. The van der Waals surface area contributed by atoms with E-state index in [1.54, 1.807) is 25.1 Å². The Kier molecular flexibility index (Phi) is 3.72. The van der Waals surface area contributed by atoms with E-state index in [4.69, 9.17) is 9.47 Å². The van der Waals surface area contributed by atoms with Crippen LogP contribution >= 0.6 is 0 Å². The fourth-order valence-corrected chi connectivity index (χ4v) is 1.73. The van der Waals surface area contributed by atoms with Crippen molar-refractivity contribution < 1.29 is 9.47 Å². The molecule has 0 aliphatic rings. The van der Waals surface area contributed by atoms with Crippen molar-refractivity contribution in [1.29, 1.82) is 0 Å². The lowest BCUT2D eigenvalue weighted by Gasteiger charge is -2.10. The van der Waals surface area contributed by atoms with Gasteiger partial charge in [0, 0.05) is 19.7 Å². The SMILES string of the molecule is COc1ccc(CNc2ccnn2C)cc1OC. The van der Waals surface area contributed by atoms with Crippen LogP contribution in [0.15, 0.2) is 30.5 Å². The van der Waals surface area contributed by atoms with Crippen molar-refractivity contribution in [3.05, 3.63) is 36.0 Å². The van der Waals surface area contributed by atoms with E-state index in [0.29, 0.717) is 6.54 Å². The summed E-state index contributed by atoms with van der Waals surface area (Å²) in [4.78, 5) is 0. The van der Waals surface area contributed by atoms with Crippen LogP contribution in [0.5, 0.6) is 11.5 Å². The van der Waals surface area contributed by atoms with E-state index >= 15 is 0 Å². The molecule has 96 valence electrons. The molecule has 5 nitrogen and oxygen atoms in total. The number of hydrogen-bond acceptors (Lipinski definition) is 4. The number of methoxy groups -OCH3 is 2. The van der Waals surface area contributed by atoms with Gasteiger partial charge in [0.05, 0.1) is 20.4 Å². The number of hydrogen-bond donors (Lipinski definition) is 1. The number of anilines is 1. The van der Waals surface area contributed by atoms with Gasteiger partial charge in [-0.3, -0.25) is 4.68 Å². The molecule has 0 bridgehead atoms. The average Bonchev–Trinajstić information content (AvgIpc) is 2.81. The molecule has 1 aromatic carbocycles. The van der Waals surface area contributed by atoms with E-state index in [0.717, 1.165) is 22.9 Å². The van der Waals surface area contributed by atoms with Crippen LogP contribution in [-0.4, -0.2) is 24.0 Å². The molecule has 18 heavy (non-hydrogen) atoms. The van der Waals surface area contributed by atoms with Crippen molar-refractivity contribution >= 4 is 5.82 Å². The summed E-state index contributed by atoms with van der Waals surface area (Å²) in [7, 11) is 5.17. The number of aryl methyl sites for hydroxylation is 1. The first-order valence-corrected chi connectivity index (χ1v) is 5.67. The Balaban J connectivity index is 2.08. The zero-order valence-corrected chi connectivity index (χ0v) is 10.8. The Labute approximate surface area is 106 Å². The molecule has 0 amide bonds. The summed E-state index contributed by atoms with van der Waals surface area (Å²) in [6.07, 6.45) is 1.76. The van der Waals surface area contributed by atoms with Crippen LogP contribution < -0.4 is 14.8 Å². The second-order valence-electron chi connectivity index (χ2n) is 3.88. The van der Waals surface area contributed by atoms with Gasteiger partial charge in [-0.05, 0) is 17.7 Å². The molecular weight excluding hydrogens is 230 g/mol. The number of rotatable bonds is 5. The Bertz CT molecular complexity index is 523. The average molecular weight is 247 g/mol. The molecule has 2 aromatic rings. The van der Waals surface area contributed by atoms with Crippen LogP contribution in [0, 0.1) is 0 Å². The molecule has 1 N–H and O–H groups in total. The molecular formula is C13H17N3O2. The van der Waals surface area contributed by atoms with E-state index < -0.39 is 0 Å². The fourth-order valence-electron chi connectivity index (χ4n) is 1.73. The maximum Gasteiger partial charge on any atom is 0.161 e. The summed E-state index contributed by atoms with van der Waals surface area (Å²) in [6.45, 7) is 0.708. The summed E-state index contributed by atoms with van der Waals surface area (Å²) in [5.41, 5.74) is 1.12. The lowest BCUT2D eigenvalue weighted by Crippen LogP contribution is -2.04. The van der Waals surface area contributed by atoms with Crippen molar-refractivity contribution in [3.63, 3.8) is 0 Å². The lowest BCUT2D eigenvalue weighted by molar-refractivity contribution is 0.354. The molecule has 0 aliphatic heterocycles. The van der Waals surface area contributed by atoms with Crippen LogP contribution in [0.25, 0.3) is 0 Å². The second-order valence-corrected chi connectivity index (χ2v) is 3.88. The Morgan fingerprint density at radius 1 is 1.17 bits per heavy atom. The summed E-state index contributed by atoms with van der Waals surface area (Å²) >= 11 is 0. The van der Waals surface area contributed by atoms with E-state index in [1.807, 2.05) is 31.3 Å². The molecule has 1 aromatic heterocycles. The largest absolute Gasteiger partial charge is 0.493 e. The summed E-state index contributed by atoms with van der Waals surface area (Å²) in [5.74, 6) is 2.45. The first-order valence-electron chi connectivity index (χ1n) is 5.67. The quantitative estimate of drug-likeness (QED) is 0.878. The van der Waals surface area contributed by atoms with E-state index in [-0.39, 0.29) is 0 Å². The van der Waals surface area contributed by atoms with Crippen molar-refractivity contribution in [1.82, 2.24) is 9.78 Å². The predicted molar refractivity (Wildman–Crippen MR) is 70.1 cm³/mol. The molecule has 0 atom stereocenters. The van der Waals surface area contributed by atoms with Gasteiger partial charge in [-0.2, -0.15) is 5.10 Å². The molecule has 2 rings (SSSR count). The van der Waals surface area contributed by atoms with Gasteiger partial charge in [0.1, 0.15) is 5.82 Å². The minimum atomic E-state index is 0.708. The highest BCUT2D eigenvalue weighted by atomic mass is 16.5. The van der Waals surface area contributed by atoms with Gasteiger partial charge >= 0.3 is 0 Å². The van der Waals surface area contributed by atoms with Crippen LogP contribution in [0.2, 0.25) is 0 Å². The smallest absolute Gasteiger partial charge is 0.161 e. The van der Waals surface area contributed by atoms with Crippen molar-refractivity contribution in [2.75, 3.05) is 19.5 Å². The van der Waals surface area contributed by atoms with Gasteiger partial charge in [-0.15, -0.1) is 0 Å². The summed E-state index contributed by atoms with van der Waals surface area (Å²) in [5, 5.41) is 7.40. The second kappa shape index (κ2) is 5.44. The minimum absolute atomic E-state index is 0.708. The summed E-state index contributed by atoms with van der Waals surface area (Å²) < 4.78 is 12.3. The molecule has 0 saturated heterocycles. The zero-order valence-electron chi connectivity index (χ0n) is 10.8. The van der Waals surface area contributed by atoms with Gasteiger partial charge in [0.15, 0.2) is 11.5 Å². The van der Waals surface area contributed by atoms with E-state index in [1.165, 1.54) is 0 Å². The van der Waals surface area contributed by atoms with Gasteiger partial charge < -0.3 is 14.8 Å². The van der Waals surface area contributed by atoms with Crippen molar-refractivity contribution in [2.24, 2.45) is 7.05 Å². The van der Waals surface area contributed by atoms with Gasteiger partial charge in [-0.25, -0.2) is 0 Å². The predicted octanol–water partition coefficient (Wildman–Crippen LogP) is 2.05. The zero-order chi connectivity index (χ0) is 13.0. The molecule has 0 aliphatic carbocycles. The number of benzene rings is 1. The van der Waals surface area contributed by atoms with E-state index in [9.17, 15) is 0 Å². The summed E-state index contributed by atoms with van der Waals surface area (Å²) in [6, 6.07) is 7.80. The minimum Gasteiger partial charge on any atom is -0.493 e. The molecule has 0 fully saturated rings. The monoisotopic (exact) mass is 247 g/mol. The highest BCUT2D eigenvalue weighted by Crippen LogP contribution is 2.27. The first-order chi connectivity index (χ1) is 8.74. The normalized spacial score (nSPS) is 10.2. The Hall–Kier alpha value is -2.17. The molecule has 0 unspecified atom stereocenters. The highest BCUT2D eigenvalue weighted by molar-refractivity contribution is 5.44. The third-order valence-electron chi connectivity index (χ3n) is 2.74. The number of aromatic nitrogens is 2. The third-order valence-corrected chi connectivity index (χ3v) is 2.74. The van der Waals surface area contributed by atoms with Gasteiger partial charge in [0.25, 0.3) is 0 Å². The van der Waals surface area contributed by atoms with E-state index in [2.05, 4.69) is 10.4 Å². The van der Waals surface area contributed by atoms with Crippen LogP contribution in [0.4, 0.5) is 5.82 Å². The number of nitrogens with one attached hydrogen (secondary N) is 1. The topological polar surface area (TPSA) is 48.3 Å². The van der Waals surface area contributed by atoms with Crippen molar-refractivity contribution in [3.8, 4) is 11.5 Å². The molecule has 5 heteroatoms. The third kappa shape index (κ3) is 2.56. The van der Waals surface area contributed by atoms with Gasteiger partial charge in [0.2, 0.25) is 0 Å². The number of ether oxygens (including phenoxy) is 2. The first kappa shape index (κ1) is 12.3. The number of nitrogens with zero attached hydrogens (tertiary/aromatic N) is 2. The van der Waals surface area contributed by atoms with Gasteiger partial charge in [-0.1, -0.05) is 6.07 Å². The van der Waals surface area contributed by atoms with Crippen molar-refractivity contribution in [2.45, 2.75) is 6.54 Å². The fraction of sp³-hybridized carbons (Fsp3) is 0.308. The van der Waals surface area contributed by atoms with Crippen LogP contribution in [0.3, 0.4) is 0 Å². The van der Waals surface area contributed by atoms with Crippen LogP contribution in [0.1, 0.15) is 5.56 Å². The van der Waals surface area contributed by atoms with Crippen LogP contribution in [-0.2, 0) is 13.6 Å².